The first kappa shape index (κ1) is 17.6. The Kier molecular flexibility index (Phi) is 5.32. The molecule has 1 unspecified atom stereocenters. The zero-order valence-electron chi connectivity index (χ0n) is 13.5. The zero-order valence-corrected chi connectivity index (χ0v) is 13.5. The molecule has 24 heavy (non-hydrogen) atoms. The number of methoxy groups -OCH3 is 1. The highest BCUT2D eigenvalue weighted by molar-refractivity contribution is 5.97. The molecule has 1 heterocycles. The Labute approximate surface area is 138 Å². The number of benzene rings is 1. The Balaban J connectivity index is 2.32. The second kappa shape index (κ2) is 7.24. The molecule has 8 heteroatoms. The largest absolute Gasteiger partial charge is 0.468 e. The molecule has 0 aliphatic heterocycles. The fourth-order valence-electron chi connectivity index (χ4n) is 2.35. The minimum Gasteiger partial charge on any atom is -0.468 e. The van der Waals surface area contributed by atoms with Crippen molar-refractivity contribution < 1.29 is 14.3 Å². The van der Waals surface area contributed by atoms with Crippen LogP contribution < -0.4 is 22.2 Å². The highest BCUT2D eigenvalue weighted by Gasteiger charge is 2.18. The Morgan fingerprint density at radius 2 is 2.08 bits per heavy atom. The summed E-state index contributed by atoms with van der Waals surface area (Å²) in [5.41, 5.74) is 12.3. The monoisotopic (exact) mass is 332 g/mol. The summed E-state index contributed by atoms with van der Waals surface area (Å²) < 4.78 is 6.17. The highest BCUT2D eigenvalue weighted by atomic mass is 16.5. The van der Waals surface area contributed by atoms with E-state index in [0.717, 1.165) is 5.56 Å². The third-order valence-corrected chi connectivity index (χ3v) is 3.72. The van der Waals surface area contributed by atoms with E-state index in [4.69, 9.17) is 11.5 Å². The molecule has 0 spiro atoms. The van der Waals surface area contributed by atoms with E-state index >= 15 is 0 Å². The standard InChI is InChI=1S/C16H20N4O4/c1-20-8-11(15(22)19-7-12(18)16(23)24-2)14(21)10-4-3-9(6-17)5-13(10)20/h3-5,8,12H,6-7,17-18H2,1-2H3,(H,19,22). The first-order valence-corrected chi connectivity index (χ1v) is 7.33. The molecular formula is C16H20N4O4. The molecule has 2 rings (SSSR count). The van der Waals surface area contributed by atoms with Crippen molar-refractivity contribution in [1.29, 1.82) is 0 Å². The van der Waals surface area contributed by atoms with Crippen molar-refractivity contribution in [3.05, 3.63) is 45.7 Å². The van der Waals surface area contributed by atoms with Crippen molar-refractivity contribution in [2.45, 2.75) is 12.6 Å². The molecular weight excluding hydrogens is 312 g/mol. The van der Waals surface area contributed by atoms with Crippen molar-refractivity contribution in [2.24, 2.45) is 18.5 Å². The van der Waals surface area contributed by atoms with E-state index in [1.807, 2.05) is 6.07 Å². The lowest BCUT2D eigenvalue weighted by atomic mass is 10.1. The lowest BCUT2D eigenvalue weighted by Crippen LogP contribution is -2.44. The van der Waals surface area contributed by atoms with E-state index in [2.05, 4.69) is 10.1 Å². The first-order chi connectivity index (χ1) is 11.4. The minimum absolute atomic E-state index is 0.0254. The normalized spacial score (nSPS) is 12.0. The van der Waals surface area contributed by atoms with Crippen LogP contribution in [0.5, 0.6) is 0 Å². The van der Waals surface area contributed by atoms with Crippen LogP contribution in [0.4, 0.5) is 0 Å². The van der Waals surface area contributed by atoms with E-state index in [-0.39, 0.29) is 12.1 Å². The van der Waals surface area contributed by atoms with Gasteiger partial charge in [0, 0.05) is 31.7 Å². The molecule has 1 atom stereocenters. The number of fused-ring (bicyclic) bond motifs is 1. The van der Waals surface area contributed by atoms with Gasteiger partial charge in [0.1, 0.15) is 11.6 Å². The predicted octanol–water partition coefficient (Wildman–Crippen LogP) is -0.773. The average Bonchev–Trinajstić information content (AvgIpc) is 2.60. The number of rotatable bonds is 5. The summed E-state index contributed by atoms with van der Waals surface area (Å²) >= 11 is 0. The summed E-state index contributed by atoms with van der Waals surface area (Å²) in [5.74, 6) is -1.24. The van der Waals surface area contributed by atoms with E-state index in [0.29, 0.717) is 17.4 Å². The molecule has 0 bridgehead atoms. The van der Waals surface area contributed by atoms with Gasteiger partial charge in [-0.2, -0.15) is 0 Å². The molecule has 0 aliphatic carbocycles. The van der Waals surface area contributed by atoms with Crippen molar-refractivity contribution in [3.63, 3.8) is 0 Å². The van der Waals surface area contributed by atoms with Gasteiger partial charge in [0.15, 0.2) is 0 Å². The first-order valence-electron chi connectivity index (χ1n) is 7.33. The fourth-order valence-corrected chi connectivity index (χ4v) is 2.35. The number of hydrogen-bond donors (Lipinski definition) is 3. The number of aryl methyl sites for hydroxylation is 1. The number of ether oxygens (including phenoxy) is 1. The number of carbonyl (C=O) groups is 2. The summed E-state index contributed by atoms with van der Waals surface area (Å²) in [7, 11) is 2.94. The number of nitrogens with one attached hydrogen (secondary N) is 1. The van der Waals surface area contributed by atoms with Crippen LogP contribution >= 0.6 is 0 Å². The predicted molar refractivity (Wildman–Crippen MR) is 89.4 cm³/mol. The van der Waals surface area contributed by atoms with Crippen LogP contribution in [0.15, 0.2) is 29.2 Å². The number of aromatic nitrogens is 1. The van der Waals surface area contributed by atoms with Gasteiger partial charge in [0.25, 0.3) is 5.91 Å². The molecule has 0 fully saturated rings. The molecule has 0 saturated carbocycles. The number of hydrogen-bond acceptors (Lipinski definition) is 6. The van der Waals surface area contributed by atoms with E-state index in [1.165, 1.54) is 13.3 Å². The van der Waals surface area contributed by atoms with Crippen LogP contribution in [0.1, 0.15) is 15.9 Å². The second-order valence-electron chi connectivity index (χ2n) is 5.38. The number of nitrogens with two attached hydrogens (primary N) is 2. The van der Waals surface area contributed by atoms with Gasteiger partial charge in [0.2, 0.25) is 5.43 Å². The molecule has 8 nitrogen and oxygen atoms in total. The number of amides is 1. The topological polar surface area (TPSA) is 129 Å². The Bertz CT molecular complexity index is 844. The van der Waals surface area contributed by atoms with E-state index in [9.17, 15) is 14.4 Å². The maximum atomic E-state index is 12.5. The number of carbonyl (C=O) groups excluding carboxylic acids is 2. The maximum absolute atomic E-state index is 12.5. The van der Waals surface area contributed by atoms with Gasteiger partial charge in [-0.1, -0.05) is 6.07 Å². The summed E-state index contributed by atoms with van der Waals surface area (Å²) in [6.45, 7) is 0.233. The second-order valence-corrected chi connectivity index (χ2v) is 5.38. The van der Waals surface area contributed by atoms with Crippen molar-refractivity contribution in [2.75, 3.05) is 13.7 Å². The summed E-state index contributed by atoms with van der Waals surface area (Å²) in [6, 6.07) is 4.22. The van der Waals surface area contributed by atoms with Gasteiger partial charge in [0.05, 0.1) is 12.6 Å². The number of esters is 1. The van der Waals surface area contributed by atoms with Crippen molar-refractivity contribution in [3.8, 4) is 0 Å². The molecule has 0 saturated heterocycles. The van der Waals surface area contributed by atoms with Crippen LogP contribution in [-0.4, -0.2) is 36.1 Å². The molecule has 128 valence electrons. The molecule has 0 aliphatic rings. The summed E-state index contributed by atoms with van der Waals surface area (Å²) in [4.78, 5) is 36.0. The van der Waals surface area contributed by atoms with Gasteiger partial charge in [-0.15, -0.1) is 0 Å². The summed E-state index contributed by atoms with van der Waals surface area (Å²) in [5, 5.41) is 2.89. The fraction of sp³-hybridized carbons (Fsp3) is 0.312. The molecule has 1 aromatic carbocycles. The van der Waals surface area contributed by atoms with Crippen LogP contribution in [0.2, 0.25) is 0 Å². The van der Waals surface area contributed by atoms with Crippen molar-refractivity contribution >= 4 is 22.8 Å². The molecule has 0 radical (unpaired) electrons. The van der Waals surface area contributed by atoms with Gasteiger partial charge < -0.3 is 26.1 Å². The number of nitrogens with zero attached hydrogens (tertiary/aromatic N) is 1. The van der Waals surface area contributed by atoms with Gasteiger partial charge in [-0.3, -0.25) is 14.4 Å². The highest BCUT2D eigenvalue weighted by Crippen LogP contribution is 2.13. The quantitative estimate of drug-likeness (QED) is 0.616. The SMILES string of the molecule is COC(=O)C(N)CNC(=O)c1cn(C)c2cc(CN)ccc2c1=O. The lowest BCUT2D eigenvalue weighted by Gasteiger charge is -2.12. The number of pyridine rings is 1. The zero-order chi connectivity index (χ0) is 17.9. The van der Waals surface area contributed by atoms with Gasteiger partial charge in [-0.25, -0.2) is 0 Å². The Morgan fingerprint density at radius 3 is 2.71 bits per heavy atom. The van der Waals surface area contributed by atoms with Crippen LogP contribution in [-0.2, 0) is 23.1 Å². The average molecular weight is 332 g/mol. The van der Waals surface area contributed by atoms with Crippen LogP contribution in [0.25, 0.3) is 10.9 Å². The molecule has 5 N–H and O–H groups in total. The third-order valence-electron chi connectivity index (χ3n) is 3.72. The minimum atomic E-state index is -0.990. The third kappa shape index (κ3) is 3.44. The van der Waals surface area contributed by atoms with E-state index < -0.39 is 23.3 Å². The molecule has 1 aromatic heterocycles. The van der Waals surface area contributed by atoms with Gasteiger partial charge >= 0.3 is 5.97 Å². The molecule has 2 aromatic rings. The van der Waals surface area contributed by atoms with E-state index in [1.54, 1.807) is 23.7 Å². The van der Waals surface area contributed by atoms with Gasteiger partial charge in [-0.05, 0) is 17.7 Å². The Morgan fingerprint density at radius 1 is 1.38 bits per heavy atom. The smallest absolute Gasteiger partial charge is 0.324 e. The van der Waals surface area contributed by atoms with Crippen molar-refractivity contribution in [1.82, 2.24) is 9.88 Å². The lowest BCUT2D eigenvalue weighted by molar-refractivity contribution is -0.141. The van der Waals surface area contributed by atoms with Crippen LogP contribution in [0, 0.1) is 0 Å². The molecule has 1 amide bonds. The maximum Gasteiger partial charge on any atom is 0.324 e. The summed E-state index contributed by atoms with van der Waals surface area (Å²) in [6.07, 6.45) is 1.45. The van der Waals surface area contributed by atoms with Crippen LogP contribution in [0.3, 0.4) is 0 Å². The Hall–Kier alpha value is -2.71.